The van der Waals surface area contributed by atoms with Crippen molar-refractivity contribution in [3.63, 3.8) is 0 Å². The van der Waals surface area contributed by atoms with E-state index in [-0.39, 0.29) is 11.0 Å². The highest BCUT2D eigenvalue weighted by atomic mass is 32.2. The number of carbonyl (C=O) groups is 1. The van der Waals surface area contributed by atoms with Crippen LogP contribution in [0.5, 0.6) is 0 Å². The molecule has 1 saturated heterocycles. The molecule has 2 aromatic rings. The van der Waals surface area contributed by atoms with E-state index in [2.05, 4.69) is 35.4 Å². The van der Waals surface area contributed by atoms with Crippen LogP contribution in [0.4, 0.5) is 5.82 Å². The number of aryl methyl sites for hydroxylation is 1. The van der Waals surface area contributed by atoms with E-state index in [0.29, 0.717) is 11.7 Å². The second-order valence-electron chi connectivity index (χ2n) is 9.57. The van der Waals surface area contributed by atoms with E-state index in [9.17, 15) is 18.0 Å². The topological polar surface area (TPSA) is 112 Å². The van der Waals surface area contributed by atoms with Crippen molar-refractivity contribution in [1.29, 1.82) is 0 Å². The summed E-state index contributed by atoms with van der Waals surface area (Å²) in [5.41, 5.74) is 1.33. The zero-order chi connectivity index (χ0) is 23.1. The van der Waals surface area contributed by atoms with E-state index in [4.69, 9.17) is 4.98 Å². The number of aromatic amines is 1. The first-order valence-electron chi connectivity index (χ1n) is 11.1. The summed E-state index contributed by atoms with van der Waals surface area (Å²) in [7, 11) is -4.33. The first-order valence-corrected chi connectivity index (χ1v) is 12.6. The molecular formula is C23H30N4O4S. The number of aromatic nitrogens is 2. The molecule has 0 saturated carbocycles. The molecule has 8 nitrogen and oxygen atoms in total. The van der Waals surface area contributed by atoms with Gasteiger partial charge in [0, 0.05) is 24.7 Å². The van der Waals surface area contributed by atoms with E-state index >= 15 is 0 Å². The molecule has 172 valence electrons. The number of fused-ring (bicyclic) bond motifs is 1. The standard InChI is InChI=1S/C23H30N4O4S/c1-15-8-12-27(13-9-15)20-17(14-16-6-4-10-23(2,3)19(16)25-20)21(28)26-32(30,31)18-7-5-11-24-22(18)29/h5,7,11,14-15H,4,6,8-10,12-13H2,1-3H3,(H,24,29)(H,26,28). The molecule has 2 aromatic heterocycles. The molecule has 1 aliphatic heterocycles. The fourth-order valence-electron chi connectivity index (χ4n) is 4.64. The van der Waals surface area contributed by atoms with Gasteiger partial charge >= 0.3 is 0 Å². The maximum absolute atomic E-state index is 13.3. The number of anilines is 1. The van der Waals surface area contributed by atoms with Gasteiger partial charge in [0.2, 0.25) is 0 Å². The van der Waals surface area contributed by atoms with Gasteiger partial charge in [-0.2, -0.15) is 0 Å². The molecule has 1 aliphatic carbocycles. The van der Waals surface area contributed by atoms with Crippen molar-refractivity contribution < 1.29 is 13.2 Å². The van der Waals surface area contributed by atoms with Crippen LogP contribution >= 0.6 is 0 Å². The van der Waals surface area contributed by atoms with Crippen LogP contribution < -0.4 is 15.2 Å². The summed E-state index contributed by atoms with van der Waals surface area (Å²) in [6.45, 7) is 8.05. The quantitative estimate of drug-likeness (QED) is 0.729. The molecule has 0 aromatic carbocycles. The Balaban J connectivity index is 1.76. The van der Waals surface area contributed by atoms with E-state index in [1.54, 1.807) is 6.07 Å². The lowest BCUT2D eigenvalue weighted by Crippen LogP contribution is -2.39. The number of nitrogens with zero attached hydrogens (tertiary/aromatic N) is 2. The van der Waals surface area contributed by atoms with Gasteiger partial charge in [0.1, 0.15) is 5.82 Å². The van der Waals surface area contributed by atoms with Crippen molar-refractivity contribution in [3.8, 4) is 0 Å². The molecule has 0 atom stereocenters. The minimum atomic E-state index is -4.33. The number of carbonyl (C=O) groups excluding carboxylic acids is 1. The highest BCUT2D eigenvalue weighted by Crippen LogP contribution is 2.38. The molecule has 2 N–H and O–H groups in total. The number of rotatable bonds is 4. The number of nitrogens with one attached hydrogen (secondary N) is 2. The van der Waals surface area contributed by atoms with Crippen LogP contribution in [0.2, 0.25) is 0 Å². The lowest BCUT2D eigenvalue weighted by molar-refractivity contribution is 0.0981. The van der Waals surface area contributed by atoms with Gasteiger partial charge in [-0.15, -0.1) is 0 Å². The lowest BCUT2D eigenvalue weighted by atomic mass is 9.75. The van der Waals surface area contributed by atoms with Gasteiger partial charge in [-0.25, -0.2) is 18.1 Å². The minimum absolute atomic E-state index is 0.107. The van der Waals surface area contributed by atoms with Crippen LogP contribution in [0.1, 0.15) is 68.1 Å². The highest BCUT2D eigenvalue weighted by molar-refractivity contribution is 7.90. The molecule has 1 amide bonds. The first-order chi connectivity index (χ1) is 15.1. The molecule has 9 heteroatoms. The van der Waals surface area contributed by atoms with Crippen molar-refractivity contribution in [3.05, 3.63) is 51.6 Å². The van der Waals surface area contributed by atoms with Crippen molar-refractivity contribution in [2.24, 2.45) is 5.92 Å². The van der Waals surface area contributed by atoms with Crippen LogP contribution in [0, 0.1) is 5.92 Å². The average molecular weight is 459 g/mol. The molecule has 32 heavy (non-hydrogen) atoms. The normalized spacial score (nSPS) is 18.8. The van der Waals surface area contributed by atoms with E-state index in [0.717, 1.165) is 56.5 Å². The van der Waals surface area contributed by atoms with E-state index in [1.165, 1.54) is 18.3 Å². The Morgan fingerprint density at radius 3 is 2.69 bits per heavy atom. The van der Waals surface area contributed by atoms with E-state index in [1.807, 2.05) is 0 Å². The summed E-state index contributed by atoms with van der Waals surface area (Å²) in [4.78, 5) is 34.1. The lowest BCUT2D eigenvalue weighted by Gasteiger charge is -2.36. The van der Waals surface area contributed by atoms with Crippen molar-refractivity contribution in [2.45, 2.75) is 63.2 Å². The van der Waals surface area contributed by atoms with Crippen LogP contribution in [0.25, 0.3) is 0 Å². The monoisotopic (exact) mass is 458 g/mol. The molecular weight excluding hydrogens is 428 g/mol. The number of amides is 1. The summed E-state index contributed by atoms with van der Waals surface area (Å²) in [6, 6.07) is 4.38. The van der Waals surface area contributed by atoms with Gasteiger partial charge in [0.05, 0.1) is 11.3 Å². The Kier molecular flexibility index (Phi) is 5.87. The molecule has 4 rings (SSSR count). The Hall–Kier alpha value is -2.68. The molecule has 1 fully saturated rings. The summed E-state index contributed by atoms with van der Waals surface area (Å²) in [5, 5.41) is 0. The Morgan fingerprint density at radius 2 is 2.00 bits per heavy atom. The molecule has 0 radical (unpaired) electrons. The van der Waals surface area contributed by atoms with Crippen LogP contribution in [0.15, 0.2) is 34.1 Å². The van der Waals surface area contributed by atoms with Crippen LogP contribution in [-0.4, -0.2) is 37.4 Å². The number of H-pyrrole nitrogens is 1. The Bertz CT molecular complexity index is 1190. The van der Waals surface area contributed by atoms with E-state index < -0.39 is 26.4 Å². The first kappa shape index (κ1) is 22.5. The second kappa shape index (κ2) is 8.35. The summed E-state index contributed by atoms with van der Waals surface area (Å²) in [5.74, 6) is 0.364. The molecule has 0 spiro atoms. The third-order valence-electron chi connectivity index (χ3n) is 6.60. The fourth-order valence-corrected chi connectivity index (χ4v) is 5.66. The number of pyridine rings is 2. The maximum atomic E-state index is 13.3. The van der Waals surface area contributed by atoms with Crippen molar-refractivity contribution in [2.75, 3.05) is 18.0 Å². The van der Waals surface area contributed by atoms with Crippen LogP contribution in [0.3, 0.4) is 0 Å². The van der Waals surface area contributed by atoms with Gasteiger partial charge in [-0.3, -0.25) is 9.59 Å². The van der Waals surface area contributed by atoms with Gasteiger partial charge < -0.3 is 9.88 Å². The molecule has 2 aliphatic rings. The number of sulfonamides is 1. The maximum Gasteiger partial charge on any atom is 0.269 e. The third kappa shape index (κ3) is 4.30. The highest BCUT2D eigenvalue weighted by Gasteiger charge is 2.34. The number of hydrogen-bond acceptors (Lipinski definition) is 6. The van der Waals surface area contributed by atoms with Crippen LogP contribution in [-0.2, 0) is 21.9 Å². The van der Waals surface area contributed by atoms with Crippen molar-refractivity contribution in [1.82, 2.24) is 14.7 Å². The summed E-state index contributed by atoms with van der Waals surface area (Å²) in [6.07, 6.45) is 6.12. The SMILES string of the molecule is CC1CCN(c2nc3c(cc2C(=O)NS(=O)(=O)c2ccc[nH]c2=O)CCCC3(C)C)CC1. The van der Waals surface area contributed by atoms with Gasteiger partial charge in [0.15, 0.2) is 4.90 Å². The minimum Gasteiger partial charge on any atom is -0.356 e. The second-order valence-corrected chi connectivity index (χ2v) is 11.2. The molecule has 0 bridgehead atoms. The Labute approximate surface area is 188 Å². The van der Waals surface area contributed by atoms with Gasteiger partial charge in [-0.1, -0.05) is 20.8 Å². The summed E-state index contributed by atoms with van der Waals surface area (Å²) >= 11 is 0. The zero-order valence-corrected chi connectivity index (χ0v) is 19.6. The van der Waals surface area contributed by atoms with Gasteiger partial charge in [0.25, 0.3) is 21.5 Å². The predicted molar refractivity (Wildman–Crippen MR) is 123 cm³/mol. The predicted octanol–water partition coefficient (Wildman–Crippen LogP) is 2.74. The molecule has 0 unspecified atom stereocenters. The van der Waals surface area contributed by atoms with Gasteiger partial charge in [-0.05, 0) is 61.8 Å². The smallest absolute Gasteiger partial charge is 0.269 e. The third-order valence-corrected chi connectivity index (χ3v) is 7.95. The number of hydrogen-bond donors (Lipinski definition) is 2. The molecule has 3 heterocycles. The van der Waals surface area contributed by atoms with Crippen molar-refractivity contribution >= 4 is 21.7 Å². The summed E-state index contributed by atoms with van der Waals surface area (Å²) < 4.78 is 27.6. The average Bonchev–Trinajstić information content (AvgIpc) is 2.73. The zero-order valence-electron chi connectivity index (χ0n) is 18.8. The number of piperidine rings is 1. The Morgan fingerprint density at radius 1 is 1.28 bits per heavy atom. The largest absolute Gasteiger partial charge is 0.356 e. The fraction of sp³-hybridized carbons (Fsp3) is 0.522.